The van der Waals surface area contributed by atoms with Crippen LogP contribution in [0.15, 0.2) is 24.3 Å². The number of rotatable bonds is 4. The molecular weight excluding hydrogens is 227 g/mol. The minimum Gasteiger partial charge on any atom is -0.369 e. The molecule has 0 spiro atoms. The largest absolute Gasteiger partial charge is 0.369 e. The SMILES string of the molecule is CC(C)c1ccc(N2CCN(CCF)CC2)cc1. The molecule has 0 N–H and O–H groups in total. The number of halogens is 1. The molecule has 0 bridgehead atoms. The standard InChI is InChI=1S/C15H23FN2/c1-13(2)14-3-5-15(6-4-14)18-11-9-17(8-7-16)10-12-18/h3-6,13H,7-12H2,1-2H3. The van der Waals surface area contributed by atoms with Crippen LogP contribution < -0.4 is 4.90 Å². The lowest BCUT2D eigenvalue weighted by Crippen LogP contribution is -2.47. The third-order valence-corrected chi connectivity index (χ3v) is 3.70. The average Bonchev–Trinajstić information content (AvgIpc) is 2.40. The van der Waals surface area contributed by atoms with Crippen LogP contribution in [0, 0.1) is 0 Å². The summed E-state index contributed by atoms with van der Waals surface area (Å²) in [4.78, 5) is 4.58. The van der Waals surface area contributed by atoms with Gasteiger partial charge in [-0.3, -0.25) is 4.90 Å². The second-order valence-electron chi connectivity index (χ2n) is 5.26. The van der Waals surface area contributed by atoms with E-state index in [1.54, 1.807) is 0 Å². The second-order valence-corrected chi connectivity index (χ2v) is 5.26. The third kappa shape index (κ3) is 3.22. The summed E-state index contributed by atoms with van der Waals surface area (Å²) in [5, 5.41) is 0. The highest BCUT2D eigenvalue weighted by molar-refractivity contribution is 5.48. The van der Waals surface area contributed by atoms with E-state index in [2.05, 4.69) is 47.9 Å². The lowest BCUT2D eigenvalue weighted by Gasteiger charge is -2.35. The maximum absolute atomic E-state index is 12.3. The molecule has 1 fully saturated rings. The number of piperazine rings is 1. The van der Waals surface area contributed by atoms with Crippen molar-refractivity contribution in [1.82, 2.24) is 4.90 Å². The van der Waals surface area contributed by atoms with Gasteiger partial charge in [0.25, 0.3) is 0 Å². The Morgan fingerprint density at radius 1 is 1.06 bits per heavy atom. The van der Waals surface area contributed by atoms with Gasteiger partial charge in [0, 0.05) is 38.4 Å². The molecule has 100 valence electrons. The summed E-state index contributed by atoms with van der Waals surface area (Å²) in [7, 11) is 0. The summed E-state index contributed by atoms with van der Waals surface area (Å²) in [6.45, 7) is 8.71. The zero-order valence-electron chi connectivity index (χ0n) is 11.4. The first kappa shape index (κ1) is 13.3. The first-order chi connectivity index (χ1) is 8.70. The fraction of sp³-hybridized carbons (Fsp3) is 0.600. The molecule has 0 radical (unpaired) electrons. The second kappa shape index (κ2) is 6.19. The van der Waals surface area contributed by atoms with Crippen LogP contribution in [0.1, 0.15) is 25.3 Å². The van der Waals surface area contributed by atoms with Gasteiger partial charge in [-0.05, 0) is 23.6 Å². The van der Waals surface area contributed by atoms with Crippen molar-refractivity contribution < 1.29 is 4.39 Å². The average molecular weight is 250 g/mol. The molecule has 1 aromatic rings. The van der Waals surface area contributed by atoms with Crippen LogP contribution in [0.2, 0.25) is 0 Å². The molecule has 2 rings (SSSR count). The highest BCUT2D eigenvalue weighted by Crippen LogP contribution is 2.21. The summed E-state index contributed by atoms with van der Waals surface area (Å²) in [6.07, 6.45) is 0. The Labute approximate surface area is 109 Å². The molecule has 1 saturated heterocycles. The summed E-state index contributed by atoms with van der Waals surface area (Å²) in [6, 6.07) is 8.85. The Hall–Kier alpha value is -1.09. The number of hydrogen-bond acceptors (Lipinski definition) is 2. The summed E-state index contributed by atoms with van der Waals surface area (Å²) in [5.74, 6) is 0.584. The lowest BCUT2D eigenvalue weighted by molar-refractivity contribution is 0.235. The van der Waals surface area contributed by atoms with E-state index in [4.69, 9.17) is 0 Å². The third-order valence-electron chi connectivity index (χ3n) is 3.70. The van der Waals surface area contributed by atoms with Gasteiger partial charge >= 0.3 is 0 Å². The molecule has 0 aromatic heterocycles. The number of anilines is 1. The highest BCUT2D eigenvalue weighted by Gasteiger charge is 2.16. The molecule has 1 heterocycles. The van der Waals surface area contributed by atoms with Crippen LogP contribution in [-0.4, -0.2) is 44.3 Å². The van der Waals surface area contributed by atoms with Gasteiger partial charge in [-0.2, -0.15) is 0 Å². The van der Waals surface area contributed by atoms with Crippen molar-refractivity contribution in [2.75, 3.05) is 44.3 Å². The van der Waals surface area contributed by atoms with Crippen LogP contribution >= 0.6 is 0 Å². The van der Waals surface area contributed by atoms with E-state index < -0.39 is 0 Å². The van der Waals surface area contributed by atoms with Crippen molar-refractivity contribution in [2.24, 2.45) is 0 Å². The lowest BCUT2D eigenvalue weighted by atomic mass is 10.0. The van der Waals surface area contributed by atoms with E-state index in [1.165, 1.54) is 11.3 Å². The monoisotopic (exact) mass is 250 g/mol. The smallest absolute Gasteiger partial charge is 0.102 e. The molecule has 1 aromatic carbocycles. The fourth-order valence-corrected chi connectivity index (χ4v) is 2.42. The zero-order chi connectivity index (χ0) is 13.0. The van der Waals surface area contributed by atoms with Crippen LogP contribution in [0.25, 0.3) is 0 Å². The number of benzene rings is 1. The van der Waals surface area contributed by atoms with Crippen LogP contribution in [0.5, 0.6) is 0 Å². The van der Waals surface area contributed by atoms with E-state index >= 15 is 0 Å². The topological polar surface area (TPSA) is 6.48 Å². The van der Waals surface area contributed by atoms with Crippen molar-refractivity contribution in [3.8, 4) is 0 Å². The van der Waals surface area contributed by atoms with Crippen molar-refractivity contribution in [3.05, 3.63) is 29.8 Å². The summed E-state index contributed by atoms with van der Waals surface area (Å²) >= 11 is 0. The molecule has 0 unspecified atom stereocenters. The van der Waals surface area contributed by atoms with Gasteiger partial charge in [-0.15, -0.1) is 0 Å². The van der Waals surface area contributed by atoms with Crippen molar-refractivity contribution in [3.63, 3.8) is 0 Å². The minimum absolute atomic E-state index is 0.233. The summed E-state index contributed by atoms with van der Waals surface area (Å²) < 4.78 is 12.3. The van der Waals surface area contributed by atoms with Gasteiger partial charge in [-0.1, -0.05) is 26.0 Å². The first-order valence-corrected chi connectivity index (χ1v) is 6.84. The van der Waals surface area contributed by atoms with Crippen LogP contribution in [0.3, 0.4) is 0 Å². The summed E-state index contributed by atoms with van der Waals surface area (Å²) in [5.41, 5.74) is 2.68. The molecule has 0 amide bonds. The van der Waals surface area contributed by atoms with E-state index in [9.17, 15) is 4.39 Å². The van der Waals surface area contributed by atoms with Gasteiger partial charge in [0.2, 0.25) is 0 Å². The minimum atomic E-state index is -0.233. The normalized spacial score (nSPS) is 17.4. The first-order valence-electron chi connectivity index (χ1n) is 6.84. The molecule has 2 nitrogen and oxygen atoms in total. The molecule has 0 aliphatic carbocycles. The molecule has 0 atom stereocenters. The van der Waals surface area contributed by atoms with Gasteiger partial charge in [-0.25, -0.2) is 4.39 Å². The molecule has 18 heavy (non-hydrogen) atoms. The Morgan fingerprint density at radius 3 is 2.17 bits per heavy atom. The highest BCUT2D eigenvalue weighted by atomic mass is 19.1. The van der Waals surface area contributed by atoms with E-state index in [-0.39, 0.29) is 6.67 Å². The van der Waals surface area contributed by atoms with Crippen LogP contribution in [-0.2, 0) is 0 Å². The van der Waals surface area contributed by atoms with Crippen molar-refractivity contribution in [1.29, 1.82) is 0 Å². The van der Waals surface area contributed by atoms with E-state index in [1.807, 2.05) is 0 Å². The van der Waals surface area contributed by atoms with E-state index in [0.717, 1.165) is 26.2 Å². The number of hydrogen-bond donors (Lipinski definition) is 0. The number of nitrogens with zero attached hydrogens (tertiary/aromatic N) is 2. The molecule has 1 aliphatic rings. The maximum Gasteiger partial charge on any atom is 0.102 e. The van der Waals surface area contributed by atoms with Gasteiger partial charge < -0.3 is 4.90 Å². The quantitative estimate of drug-likeness (QED) is 0.810. The molecule has 3 heteroatoms. The number of alkyl halides is 1. The zero-order valence-corrected chi connectivity index (χ0v) is 11.4. The molecule has 1 aliphatic heterocycles. The predicted molar refractivity (Wildman–Crippen MR) is 75.2 cm³/mol. The Kier molecular flexibility index (Phi) is 4.59. The van der Waals surface area contributed by atoms with Gasteiger partial charge in [0.15, 0.2) is 0 Å². The Bertz CT molecular complexity index is 353. The maximum atomic E-state index is 12.3. The molecule has 0 saturated carbocycles. The predicted octanol–water partition coefficient (Wildman–Crippen LogP) is 2.90. The van der Waals surface area contributed by atoms with Crippen LogP contribution in [0.4, 0.5) is 10.1 Å². The van der Waals surface area contributed by atoms with Gasteiger partial charge in [0.05, 0.1) is 0 Å². The molecular formula is C15H23FN2. The van der Waals surface area contributed by atoms with E-state index in [0.29, 0.717) is 12.5 Å². The van der Waals surface area contributed by atoms with Gasteiger partial charge in [0.1, 0.15) is 6.67 Å². The Morgan fingerprint density at radius 2 is 1.67 bits per heavy atom. The van der Waals surface area contributed by atoms with Crippen molar-refractivity contribution in [2.45, 2.75) is 19.8 Å². The Balaban J connectivity index is 1.93. The fourth-order valence-electron chi connectivity index (χ4n) is 2.42. The van der Waals surface area contributed by atoms with Crippen molar-refractivity contribution >= 4 is 5.69 Å².